The van der Waals surface area contributed by atoms with Gasteiger partial charge in [-0.2, -0.15) is 0 Å². The summed E-state index contributed by atoms with van der Waals surface area (Å²) in [5, 5.41) is 0. The van der Waals surface area contributed by atoms with Crippen molar-refractivity contribution in [2.45, 2.75) is 33.2 Å². The second-order valence-electron chi connectivity index (χ2n) is 7.46. The number of benzene rings is 2. The van der Waals surface area contributed by atoms with Gasteiger partial charge in [-0.05, 0) is 48.6 Å². The third-order valence-corrected chi connectivity index (χ3v) is 5.02. The molecule has 0 bridgehead atoms. The van der Waals surface area contributed by atoms with Gasteiger partial charge in [0.05, 0.1) is 33.4 Å². The molecular formula is C24H30N2O3. The monoisotopic (exact) mass is 394 g/mol. The van der Waals surface area contributed by atoms with Crippen LogP contribution in [0.3, 0.4) is 0 Å². The fraction of sp³-hybridized carbons (Fsp3) is 0.375. The lowest BCUT2D eigenvalue weighted by Gasteiger charge is -2.14. The zero-order chi connectivity index (χ0) is 20.8. The Labute approximate surface area is 173 Å². The van der Waals surface area contributed by atoms with E-state index in [1.54, 1.807) is 21.3 Å². The Balaban J connectivity index is 1.93. The van der Waals surface area contributed by atoms with Crippen LogP contribution in [-0.4, -0.2) is 30.9 Å². The Morgan fingerprint density at radius 1 is 0.897 bits per heavy atom. The number of hydrogen-bond donors (Lipinski definition) is 0. The molecule has 5 nitrogen and oxygen atoms in total. The van der Waals surface area contributed by atoms with Crippen molar-refractivity contribution < 1.29 is 14.2 Å². The zero-order valence-corrected chi connectivity index (χ0v) is 17.9. The van der Waals surface area contributed by atoms with Gasteiger partial charge in [-0.15, -0.1) is 0 Å². The molecule has 2 aromatic carbocycles. The average Bonchev–Trinajstić information content (AvgIpc) is 3.13. The Morgan fingerprint density at radius 3 is 2.31 bits per heavy atom. The molecule has 0 unspecified atom stereocenters. The van der Waals surface area contributed by atoms with Gasteiger partial charge in [0.15, 0.2) is 11.5 Å². The van der Waals surface area contributed by atoms with Crippen LogP contribution in [0, 0.1) is 5.92 Å². The first-order valence-corrected chi connectivity index (χ1v) is 9.95. The quantitative estimate of drug-likeness (QED) is 0.511. The second kappa shape index (κ2) is 9.50. The molecule has 3 aromatic rings. The van der Waals surface area contributed by atoms with E-state index < -0.39 is 0 Å². The lowest BCUT2D eigenvalue weighted by atomic mass is 10.0. The van der Waals surface area contributed by atoms with Crippen molar-refractivity contribution in [2.24, 2.45) is 5.92 Å². The molecule has 0 fully saturated rings. The van der Waals surface area contributed by atoms with Gasteiger partial charge in [0.1, 0.15) is 5.75 Å². The zero-order valence-electron chi connectivity index (χ0n) is 17.9. The van der Waals surface area contributed by atoms with E-state index in [1.165, 1.54) is 11.3 Å². The van der Waals surface area contributed by atoms with E-state index in [1.807, 2.05) is 36.7 Å². The van der Waals surface area contributed by atoms with Crippen LogP contribution in [-0.2, 0) is 19.4 Å². The summed E-state index contributed by atoms with van der Waals surface area (Å²) in [4.78, 5) is 4.76. The van der Waals surface area contributed by atoms with Crippen LogP contribution >= 0.6 is 0 Å². The average molecular weight is 395 g/mol. The molecule has 0 N–H and O–H groups in total. The second-order valence-corrected chi connectivity index (χ2v) is 7.46. The minimum Gasteiger partial charge on any atom is -0.496 e. The predicted molar refractivity (Wildman–Crippen MR) is 116 cm³/mol. The van der Waals surface area contributed by atoms with Gasteiger partial charge in [0, 0.05) is 17.8 Å². The molecule has 1 aromatic heterocycles. The number of aromatic nitrogens is 2. The normalized spacial score (nSPS) is 11.0. The van der Waals surface area contributed by atoms with Gasteiger partial charge in [0.2, 0.25) is 0 Å². The van der Waals surface area contributed by atoms with E-state index in [0.29, 0.717) is 11.7 Å². The van der Waals surface area contributed by atoms with Crippen LogP contribution in [0.25, 0.3) is 11.3 Å². The lowest BCUT2D eigenvalue weighted by molar-refractivity contribution is 0.355. The van der Waals surface area contributed by atoms with Gasteiger partial charge in [-0.25, -0.2) is 4.98 Å². The van der Waals surface area contributed by atoms with Crippen LogP contribution in [0.1, 0.15) is 25.1 Å². The van der Waals surface area contributed by atoms with Crippen molar-refractivity contribution in [3.05, 3.63) is 60.0 Å². The van der Waals surface area contributed by atoms with Gasteiger partial charge in [-0.3, -0.25) is 0 Å². The van der Waals surface area contributed by atoms with Crippen molar-refractivity contribution >= 4 is 0 Å². The number of imidazole rings is 1. The number of hydrogen-bond acceptors (Lipinski definition) is 4. The highest BCUT2D eigenvalue weighted by molar-refractivity contribution is 5.66. The van der Waals surface area contributed by atoms with E-state index in [-0.39, 0.29) is 0 Å². The highest BCUT2D eigenvalue weighted by Crippen LogP contribution is 2.34. The molecule has 0 aliphatic heterocycles. The predicted octanol–water partition coefficient (Wildman–Crippen LogP) is 5.02. The van der Waals surface area contributed by atoms with Gasteiger partial charge >= 0.3 is 0 Å². The molecule has 154 valence electrons. The third-order valence-electron chi connectivity index (χ3n) is 5.02. The van der Waals surface area contributed by atoms with Crippen LogP contribution < -0.4 is 14.2 Å². The molecule has 0 spiro atoms. The van der Waals surface area contributed by atoms with E-state index in [2.05, 4.69) is 30.5 Å². The molecule has 0 amide bonds. The highest BCUT2D eigenvalue weighted by atomic mass is 16.5. The number of ether oxygens (including phenoxy) is 3. The molecule has 0 aliphatic carbocycles. The smallest absolute Gasteiger partial charge is 0.161 e. The van der Waals surface area contributed by atoms with Crippen molar-refractivity contribution in [2.75, 3.05) is 21.3 Å². The maximum absolute atomic E-state index is 5.50. The topological polar surface area (TPSA) is 45.5 Å². The number of aryl methyl sites for hydroxylation is 2. The summed E-state index contributed by atoms with van der Waals surface area (Å²) in [6.07, 6.45) is 3.78. The third kappa shape index (κ3) is 4.73. The Morgan fingerprint density at radius 2 is 1.62 bits per heavy atom. The van der Waals surface area contributed by atoms with Crippen molar-refractivity contribution in [3.8, 4) is 28.5 Å². The SMILES string of the molecule is COc1ccccc1CCn1cnc(-c2ccc(OC)c(OC)c2)c1CC(C)C. The molecular weight excluding hydrogens is 364 g/mol. The summed E-state index contributed by atoms with van der Waals surface area (Å²) in [5.41, 5.74) is 4.48. The molecule has 0 saturated heterocycles. The van der Waals surface area contributed by atoms with E-state index in [4.69, 9.17) is 19.2 Å². The van der Waals surface area contributed by atoms with Crippen LogP contribution in [0.15, 0.2) is 48.8 Å². The number of rotatable bonds is 9. The molecule has 0 radical (unpaired) electrons. The molecule has 0 atom stereocenters. The lowest BCUT2D eigenvalue weighted by Crippen LogP contribution is -2.08. The Bertz CT molecular complexity index is 947. The first kappa shape index (κ1) is 20.8. The van der Waals surface area contributed by atoms with E-state index >= 15 is 0 Å². The molecule has 3 rings (SSSR count). The van der Waals surface area contributed by atoms with Crippen LogP contribution in [0.4, 0.5) is 0 Å². The Hall–Kier alpha value is -2.95. The first-order chi connectivity index (χ1) is 14.1. The number of para-hydroxylation sites is 1. The molecule has 1 heterocycles. The fourth-order valence-electron chi connectivity index (χ4n) is 3.58. The summed E-state index contributed by atoms with van der Waals surface area (Å²) < 4.78 is 18.6. The number of methoxy groups -OCH3 is 3. The van der Waals surface area contributed by atoms with Crippen LogP contribution in [0.2, 0.25) is 0 Å². The van der Waals surface area contributed by atoms with Crippen molar-refractivity contribution in [1.29, 1.82) is 0 Å². The largest absolute Gasteiger partial charge is 0.496 e. The van der Waals surface area contributed by atoms with Gasteiger partial charge in [0.25, 0.3) is 0 Å². The summed E-state index contributed by atoms with van der Waals surface area (Å²) >= 11 is 0. The minimum atomic E-state index is 0.524. The summed E-state index contributed by atoms with van der Waals surface area (Å²) in [6.45, 7) is 5.31. The molecule has 29 heavy (non-hydrogen) atoms. The Kier molecular flexibility index (Phi) is 6.81. The highest BCUT2D eigenvalue weighted by Gasteiger charge is 2.16. The van der Waals surface area contributed by atoms with E-state index in [0.717, 1.165) is 42.1 Å². The standard InChI is InChI=1S/C24H30N2O3/c1-17(2)14-20-24(19-10-11-22(28-4)23(15-19)29-5)25-16-26(20)13-12-18-8-6-7-9-21(18)27-3/h6-11,15-17H,12-14H2,1-5H3. The van der Waals surface area contributed by atoms with Crippen molar-refractivity contribution in [3.63, 3.8) is 0 Å². The first-order valence-electron chi connectivity index (χ1n) is 9.95. The summed E-state index contributed by atoms with van der Waals surface area (Å²) in [5.74, 6) is 2.88. The van der Waals surface area contributed by atoms with E-state index in [9.17, 15) is 0 Å². The maximum atomic E-state index is 5.50. The molecule has 0 aliphatic rings. The van der Waals surface area contributed by atoms with Gasteiger partial charge in [-0.1, -0.05) is 32.0 Å². The van der Waals surface area contributed by atoms with Crippen molar-refractivity contribution in [1.82, 2.24) is 9.55 Å². The molecule has 0 saturated carbocycles. The summed E-state index contributed by atoms with van der Waals surface area (Å²) in [6, 6.07) is 14.1. The van der Waals surface area contributed by atoms with Crippen LogP contribution in [0.5, 0.6) is 17.2 Å². The fourth-order valence-corrected chi connectivity index (χ4v) is 3.58. The summed E-state index contributed by atoms with van der Waals surface area (Å²) in [7, 11) is 5.02. The maximum Gasteiger partial charge on any atom is 0.161 e. The minimum absolute atomic E-state index is 0.524. The number of nitrogens with zero attached hydrogens (tertiary/aromatic N) is 2. The van der Waals surface area contributed by atoms with Gasteiger partial charge < -0.3 is 18.8 Å². The molecule has 5 heteroatoms.